The molecule has 0 saturated heterocycles. The van der Waals surface area contributed by atoms with Crippen molar-refractivity contribution < 1.29 is 0 Å². The lowest BCUT2D eigenvalue weighted by Crippen LogP contribution is -1.68. The summed E-state index contributed by atoms with van der Waals surface area (Å²) < 4.78 is 1.37. The van der Waals surface area contributed by atoms with Crippen LogP contribution in [0.5, 0.6) is 0 Å². The molecule has 1 aromatic heterocycles. The van der Waals surface area contributed by atoms with Crippen LogP contribution in [-0.2, 0) is 0 Å². The maximum atomic E-state index is 2.17. The van der Waals surface area contributed by atoms with Crippen LogP contribution in [0.4, 0.5) is 0 Å². The maximum absolute atomic E-state index is 2.17. The molecule has 0 atom stereocenters. The van der Waals surface area contributed by atoms with Gasteiger partial charge in [0.25, 0.3) is 0 Å². The monoisotopic (exact) mass is 161 g/mol. The summed E-state index contributed by atoms with van der Waals surface area (Å²) >= 11 is 1.84. The van der Waals surface area contributed by atoms with E-state index in [0.717, 1.165) is 0 Å². The van der Waals surface area contributed by atoms with Gasteiger partial charge in [0, 0.05) is 18.4 Å². The molecule has 0 saturated carbocycles. The highest BCUT2D eigenvalue weighted by atomic mass is 32.1. The quantitative estimate of drug-likeness (QED) is 0.519. The van der Waals surface area contributed by atoms with Crippen LogP contribution in [0.25, 0.3) is 10.1 Å². The van der Waals surface area contributed by atoms with Crippen LogP contribution >= 0.6 is 11.3 Å². The van der Waals surface area contributed by atoms with Gasteiger partial charge in [-0.3, -0.25) is 0 Å². The molecule has 0 unspecified atom stereocenters. The van der Waals surface area contributed by atoms with Crippen LogP contribution in [0.2, 0.25) is 0 Å². The Morgan fingerprint density at radius 3 is 2.73 bits per heavy atom. The third kappa shape index (κ3) is 1.24. The topological polar surface area (TPSA) is 0 Å². The highest BCUT2D eigenvalue weighted by Crippen LogP contribution is 2.20. The standard InChI is InChI=1S/C10H9S/c1-8-6-7-9-4-2-3-5-10(9)11-8/h2-7H,1H3/q+1. The van der Waals surface area contributed by atoms with Gasteiger partial charge in [0.15, 0.2) is 0 Å². The number of benzene rings is 1. The molecule has 0 radical (unpaired) electrons. The molecular formula is C10H9S+. The zero-order chi connectivity index (χ0) is 7.68. The van der Waals surface area contributed by atoms with E-state index in [2.05, 4.69) is 43.3 Å². The normalized spacial score (nSPS) is 10.3. The minimum Gasteiger partial charge on any atom is -0.0613 e. The average molecular weight is 161 g/mol. The Morgan fingerprint density at radius 2 is 1.82 bits per heavy atom. The van der Waals surface area contributed by atoms with E-state index >= 15 is 0 Å². The first-order chi connectivity index (χ1) is 5.36. The minimum atomic E-state index is 1.34. The first kappa shape index (κ1) is 6.74. The molecule has 11 heavy (non-hydrogen) atoms. The van der Waals surface area contributed by atoms with Gasteiger partial charge in [0.2, 0.25) is 20.9 Å². The van der Waals surface area contributed by atoms with Gasteiger partial charge in [-0.1, -0.05) is 12.1 Å². The van der Waals surface area contributed by atoms with Gasteiger partial charge < -0.3 is 0 Å². The van der Waals surface area contributed by atoms with Crippen LogP contribution in [0, 0.1) is 6.92 Å². The van der Waals surface area contributed by atoms with Crippen LogP contribution in [0.15, 0.2) is 36.4 Å². The Balaban J connectivity index is 2.83. The fourth-order valence-electron chi connectivity index (χ4n) is 1.13. The molecule has 54 valence electrons. The van der Waals surface area contributed by atoms with Gasteiger partial charge in [-0.15, -0.1) is 0 Å². The molecule has 0 aliphatic carbocycles. The van der Waals surface area contributed by atoms with E-state index in [4.69, 9.17) is 0 Å². The lowest BCUT2D eigenvalue weighted by atomic mass is 10.2. The molecule has 1 aromatic carbocycles. The Kier molecular flexibility index (Phi) is 1.59. The fraction of sp³-hybridized carbons (Fsp3) is 0.100. The minimum absolute atomic E-state index is 1.34. The first-order valence-electron chi connectivity index (χ1n) is 3.65. The van der Waals surface area contributed by atoms with Crippen LogP contribution in [0.1, 0.15) is 4.88 Å². The van der Waals surface area contributed by atoms with Gasteiger partial charge in [0.1, 0.15) is 0 Å². The number of hydrogen-bond acceptors (Lipinski definition) is 0. The molecular weight excluding hydrogens is 152 g/mol. The van der Waals surface area contributed by atoms with E-state index in [0.29, 0.717) is 0 Å². The predicted octanol–water partition coefficient (Wildman–Crippen LogP) is 3.49. The molecule has 0 fully saturated rings. The summed E-state index contributed by atoms with van der Waals surface area (Å²) in [6.45, 7) is 2.14. The van der Waals surface area contributed by atoms with Crippen LogP contribution < -0.4 is 0 Å². The van der Waals surface area contributed by atoms with Crippen molar-refractivity contribution >= 4 is 21.4 Å². The van der Waals surface area contributed by atoms with Crippen molar-refractivity contribution in [3.63, 3.8) is 0 Å². The summed E-state index contributed by atoms with van der Waals surface area (Å²) in [4.78, 5) is 1.36. The van der Waals surface area contributed by atoms with E-state index in [9.17, 15) is 0 Å². The summed E-state index contributed by atoms with van der Waals surface area (Å²) in [5.41, 5.74) is 0. The van der Waals surface area contributed by atoms with Crippen molar-refractivity contribution in [1.29, 1.82) is 0 Å². The Bertz CT molecular complexity index is 379. The lowest BCUT2D eigenvalue weighted by Gasteiger charge is -1.85. The predicted molar refractivity (Wildman–Crippen MR) is 51.0 cm³/mol. The van der Waals surface area contributed by atoms with Gasteiger partial charge in [0.05, 0.1) is 0 Å². The number of fused-ring (bicyclic) bond motifs is 1. The fourth-order valence-corrected chi connectivity index (χ4v) is 2.01. The molecule has 2 aromatic rings. The molecule has 0 aliphatic rings. The highest BCUT2D eigenvalue weighted by Gasteiger charge is 2.04. The molecule has 0 bridgehead atoms. The molecule has 2 rings (SSSR count). The molecule has 0 N–H and O–H groups in total. The van der Waals surface area contributed by atoms with Crippen molar-refractivity contribution in [3.8, 4) is 0 Å². The Morgan fingerprint density at radius 1 is 1.00 bits per heavy atom. The molecule has 0 nitrogen and oxygen atoms in total. The molecule has 0 amide bonds. The highest BCUT2D eigenvalue weighted by molar-refractivity contribution is 7.18. The second-order valence-electron chi connectivity index (χ2n) is 2.58. The summed E-state index contributed by atoms with van der Waals surface area (Å²) in [7, 11) is 0. The summed E-state index contributed by atoms with van der Waals surface area (Å²) in [5, 5.41) is 1.34. The van der Waals surface area contributed by atoms with Gasteiger partial charge in [-0.2, -0.15) is 0 Å². The van der Waals surface area contributed by atoms with Crippen molar-refractivity contribution in [1.82, 2.24) is 0 Å². The van der Waals surface area contributed by atoms with Crippen LogP contribution in [-0.4, -0.2) is 0 Å². The third-order valence-corrected chi connectivity index (χ3v) is 2.74. The number of hydrogen-bond donors (Lipinski definition) is 0. The van der Waals surface area contributed by atoms with Gasteiger partial charge in [-0.25, -0.2) is 0 Å². The second-order valence-corrected chi connectivity index (χ2v) is 3.87. The summed E-state index contributed by atoms with van der Waals surface area (Å²) in [6, 6.07) is 12.8. The molecule has 0 spiro atoms. The lowest BCUT2D eigenvalue weighted by molar-refractivity contribution is 1.62. The van der Waals surface area contributed by atoms with E-state index in [-0.39, 0.29) is 0 Å². The average Bonchev–Trinajstić information content (AvgIpc) is 2.04. The summed E-state index contributed by atoms with van der Waals surface area (Å²) in [5.74, 6) is 0. The van der Waals surface area contributed by atoms with Gasteiger partial charge in [-0.05, 0) is 18.2 Å². The van der Waals surface area contributed by atoms with Crippen LogP contribution in [0.3, 0.4) is 0 Å². The van der Waals surface area contributed by atoms with Crippen molar-refractivity contribution in [3.05, 3.63) is 41.3 Å². The van der Waals surface area contributed by atoms with Crippen molar-refractivity contribution in [2.24, 2.45) is 0 Å². The smallest absolute Gasteiger partial charge is 0.0613 e. The van der Waals surface area contributed by atoms with E-state index < -0.39 is 0 Å². The third-order valence-electron chi connectivity index (χ3n) is 1.69. The largest absolute Gasteiger partial charge is 0.238 e. The molecule has 1 heterocycles. The van der Waals surface area contributed by atoms with Gasteiger partial charge >= 0.3 is 0 Å². The van der Waals surface area contributed by atoms with E-state index in [1.165, 1.54) is 15.0 Å². The Hall–Kier alpha value is -0.950. The van der Waals surface area contributed by atoms with Crippen molar-refractivity contribution in [2.45, 2.75) is 6.92 Å². The van der Waals surface area contributed by atoms with E-state index in [1.807, 2.05) is 11.3 Å². The van der Waals surface area contributed by atoms with Crippen molar-refractivity contribution in [2.75, 3.05) is 0 Å². The van der Waals surface area contributed by atoms with E-state index in [1.54, 1.807) is 0 Å². The SMILES string of the molecule is Cc1ccc2ccccc2[s+]1. The second kappa shape index (κ2) is 2.59. The summed E-state index contributed by atoms with van der Waals surface area (Å²) in [6.07, 6.45) is 0. The number of rotatable bonds is 0. The maximum Gasteiger partial charge on any atom is 0.238 e. The molecule has 0 aliphatic heterocycles. The zero-order valence-corrected chi connectivity index (χ0v) is 7.19. The Labute approximate surface area is 70.1 Å². The first-order valence-corrected chi connectivity index (χ1v) is 4.46. The zero-order valence-electron chi connectivity index (χ0n) is 6.37. The molecule has 1 heteroatoms. The number of aryl methyl sites for hydroxylation is 1.